The fourth-order valence-corrected chi connectivity index (χ4v) is 1.14. The largest absolute Gasteiger partial charge is 3.00 e. The standard InChI is InChI=1S/Co.4H3N.H4O7P2.2H2O/c;;;;;1-8(2,3)7-9(4,5)6;;/h;4*1H3;(H2,1,2,3)(H2,4,5,6);2*1H2/q+3;;;;;;;/p-3. The van der Waals surface area contributed by atoms with E-state index in [1.165, 1.54) is 0 Å². The zero-order chi connectivity index (χ0) is 7.71. The molecule has 0 heterocycles. The molecule has 0 aromatic rings. The fourth-order valence-electron chi connectivity index (χ4n) is 0.126. The van der Waals surface area contributed by atoms with Crippen molar-refractivity contribution in [1.82, 2.24) is 24.6 Å². The van der Waals surface area contributed by atoms with Crippen molar-refractivity contribution >= 4 is 15.6 Å². The van der Waals surface area contributed by atoms with Crippen LogP contribution in [0.5, 0.6) is 0 Å². The first-order valence-electron chi connectivity index (χ1n) is 1.48. The van der Waals surface area contributed by atoms with E-state index in [1.54, 1.807) is 0 Å². The van der Waals surface area contributed by atoms with Crippen molar-refractivity contribution in [1.29, 1.82) is 0 Å². The summed E-state index contributed by atoms with van der Waals surface area (Å²) in [5.41, 5.74) is 0. The van der Waals surface area contributed by atoms with E-state index < -0.39 is 15.6 Å². The Morgan fingerprint density at radius 2 is 1.06 bits per heavy atom. The van der Waals surface area contributed by atoms with Gasteiger partial charge in [-0.25, -0.2) is 0 Å². The molecular weight excluding hydrogens is 321 g/mol. The third-order valence-corrected chi connectivity index (χ3v) is 1.83. The molecule has 0 aromatic heterocycles. The molecule has 0 amide bonds. The van der Waals surface area contributed by atoms with Crippen molar-refractivity contribution in [2.75, 3.05) is 0 Å². The maximum absolute atomic E-state index is 9.44. The topological polar surface area (TPSA) is 336 Å². The Kier molecular flexibility index (Phi) is 61.3. The average Bonchev–Trinajstić information content (AvgIpc) is 1.14. The van der Waals surface area contributed by atoms with Gasteiger partial charge in [-0.05, 0) is 0 Å². The van der Waals surface area contributed by atoms with E-state index >= 15 is 0 Å². The van der Waals surface area contributed by atoms with Crippen LogP contribution >= 0.6 is 15.6 Å². The summed E-state index contributed by atoms with van der Waals surface area (Å²) in [6.07, 6.45) is 0. The molecule has 0 aliphatic heterocycles. The Morgan fingerprint density at radius 3 is 1.06 bits per heavy atom. The number of hydrogen-bond donors (Lipinski definition) is 5. The normalized spacial score (nSPS) is 10.8. The summed E-state index contributed by atoms with van der Waals surface area (Å²) < 4.78 is 21.4. The summed E-state index contributed by atoms with van der Waals surface area (Å²) in [7, 11) is -11.0. The Hall–Kier alpha value is 0.526. The molecule has 0 bridgehead atoms. The van der Waals surface area contributed by atoms with Crippen molar-refractivity contribution < 1.29 is 60.7 Å². The van der Waals surface area contributed by atoms with E-state index in [4.69, 9.17) is 4.89 Å². The quantitative estimate of drug-likeness (QED) is 0.304. The molecule has 0 saturated heterocycles. The van der Waals surface area contributed by atoms with E-state index in [2.05, 4.69) is 4.31 Å². The van der Waals surface area contributed by atoms with Crippen molar-refractivity contribution in [2.24, 2.45) is 0 Å². The summed E-state index contributed by atoms with van der Waals surface area (Å²) in [6, 6.07) is 0. The van der Waals surface area contributed by atoms with Gasteiger partial charge in [0, 0.05) is 0 Å². The van der Waals surface area contributed by atoms with Crippen LogP contribution in [0.25, 0.3) is 0 Å². The van der Waals surface area contributed by atoms with Gasteiger partial charge in [0.2, 0.25) is 0 Å². The maximum Gasteiger partial charge on any atom is 3.00 e. The monoisotopic (exact) mass is 338 g/mol. The molecule has 17 N–H and O–H groups in total. The van der Waals surface area contributed by atoms with Gasteiger partial charge in [-0.2, -0.15) is 0 Å². The third-order valence-electron chi connectivity index (χ3n) is 0.203. The minimum Gasteiger partial charge on any atom is -0.790 e. The van der Waals surface area contributed by atoms with Crippen LogP contribution in [0.15, 0.2) is 0 Å². The zero-order valence-electron chi connectivity index (χ0n) is 7.95. The Labute approximate surface area is 102 Å². The van der Waals surface area contributed by atoms with Crippen LogP contribution in [0.4, 0.5) is 0 Å². The average molecular weight is 338 g/mol. The fraction of sp³-hybridized carbons (Fsp3) is 0. The number of hydrogen-bond acceptors (Lipinski definition) is 10. The van der Waals surface area contributed by atoms with Crippen molar-refractivity contribution in [3.63, 3.8) is 0 Å². The number of rotatable bonds is 2. The first-order valence-corrected chi connectivity index (χ1v) is 4.43. The molecule has 16 heavy (non-hydrogen) atoms. The second kappa shape index (κ2) is 17.9. The minimum atomic E-state index is -5.61. The van der Waals surface area contributed by atoms with Gasteiger partial charge in [0.25, 0.3) is 7.82 Å². The molecule has 0 fully saturated rings. The van der Waals surface area contributed by atoms with Gasteiger partial charge in [0.15, 0.2) is 0 Å². The second-order valence-electron chi connectivity index (χ2n) is 0.997. The predicted octanol–water partition coefficient (Wildman–Crippen LogP) is -3.71. The van der Waals surface area contributed by atoms with E-state index in [1.807, 2.05) is 0 Å². The van der Waals surface area contributed by atoms with Crippen LogP contribution in [-0.4, -0.2) is 15.8 Å². The van der Waals surface area contributed by atoms with Crippen LogP contribution in [0.1, 0.15) is 0 Å². The Bertz CT molecular complexity index is 166. The van der Waals surface area contributed by atoms with Crippen molar-refractivity contribution in [3.05, 3.63) is 0 Å². The Balaban J connectivity index is -0.0000000152. The molecule has 16 heteroatoms. The van der Waals surface area contributed by atoms with Crippen LogP contribution in [0.2, 0.25) is 0 Å². The van der Waals surface area contributed by atoms with Gasteiger partial charge in [-0.1, -0.05) is 0 Å². The summed E-state index contributed by atoms with van der Waals surface area (Å²) in [5, 5.41) is 0. The van der Waals surface area contributed by atoms with Crippen LogP contribution in [0.3, 0.4) is 0 Å². The van der Waals surface area contributed by atoms with Gasteiger partial charge in [0.1, 0.15) is 0 Å². The molecule has 0 saturated carbocycles. The predicted molar refractivity (Wildman–Crippen MR) is 45.8 cm³/mol. The van der Waals surface area contributed by atoms with Crippen LogP contribution < -0.4 is 39.3 Å². The smallest absolute Gasteiger partial charge is 0.790 e. The number of phosphoric acid groups is 2. The summed E-state index contributed by atoms with van der Waals surface area (Å²) in [4.78, 5) is 35.7. The molecule has 1 atom stereocenters. The molecule has 0 spiro atoms. The summed E-state index contributed by atoms with van der Waals surface area (Å²) >= 11 is 0. The maximum atomic E-state index is 9.44. The molecule has 0 radical (unpaired) electrons. The molecule has 0 aliphatic carbocycles. The van der Waals surface area contributed by atoms with Gasteiger partial charge >= 0.3 is 16.8 Å². The van der Waals surface area contributed by atoms with Gasteiger partial charge in [-0.3, -0.25) is 8.88 Å². The van der Waals surface area contributed by atoms with Gasteiger partial charge in [-0.15, -0.1) is 0 Å². The van der Waals surface area contributed by atoms with Gasteiger partial charge < -0.3 is 59.7 Å². The van der Waals surface area contributed by atoms with Crippen molar-refractivity contribution in [2.45, 2.75) is 0 Å². The molecular formula is H17CoN4O9P2. The van der Waals surface area contributed by atoms with Crippen LogP contribution in [-0.2, 0) is 30.2 Å². The molecule has 0 aromatic carbocycles. The van der Waals surface area contributed by atoms with Gasteiger partial charge in [0.05, 0.1) is 7.82 Å². The molecule has 13 nitrogen and oxygen atoms in total. The summed E-state index contributed by atoms with van der Waals surface area (Å²) in [5.74, 6) is 0. The minimum absolute atomic E-state index is 0. The molecule has 0 aliphatic rings. The van der Waals surface area contributed by atoms with E-state index in [-0.39, 0.29) is 52.3 Å². The third kappa shape index (κ3) is 62.4. The molecule has 1 unspecified atom stereocenters. The van der Waals surface area contributed by atoms with E-state index in [0.29, 0.717) is 0 Å². The zero-order valence-corrected chi connectivity index (χ0v) is 10.8. The first kappa shape index (κ1) is 54.8. The molecule has 0 rings (SSSR count). The van der Waals surface area contributed by atoms with Crippen molar-refractivity contribution in [3.8, 4) is 0 Å². The second-order valence-corrected chi connectivity index (χ2v) is 3.48. The SMILES string of the molecule is N.N.N.N.O.O.O=P([O-])([O-])OP(=O)([O-])O.[Co+3]. The summed E-state index contributed by atoms with van der Waals surface area (Å²) in [6.45, 7) is 0. The van der Waals surface area contributed by atoms with E-state index in [0.717, 1.165) is 0 Å². The van der Waals surface area contributed by atoms with E-state index in [9.17, 15) is 23.8 Å². The van der Waals surface area contributed by atoms with Crippen LogP contribution in [0, 0.1) is 0 Å². The molecule has 110 valence electrons. The first-order chi connectivity index (χ1) is 3.71. The Morgan fingerprint density at radius 1 is 0.875 bits per heavy atom.